The van der Waals surface area contributed by atoms with Gasteiger partial charge in [0.15, 0.2) is 9.84 Å². The minimum Gasteiger partial charge on any atom is -0.489 e. The lowest BCUT2D eigenvalue weighted by atomic mass is 10.1. The second-order valence-electron chi connectivity index (χ2n) is 5.18. The highest BCUT2D eigenvalue weighted by Crippen LogP contribution is 2.32. The Labute approximate surface area is 124 Å². The van der Waals surface area contributed by atoms with Crippen molar-refractivity contribution in [1.29, 1.82) is 0 Å². The summed E-state index contributed by atoms with van der Waals surface area (Å²) in [4.78, 5) is 11.4. The minimum atomic E-state index is -3.48. The van der Waals surface area contributed by atoms with E-state index in [1.807, 2.05) is 0 Å². The number of benzene rings is 1. The SMILES string of the molecule is Cc1cc(OC2CCCC2)c(S(C)(=O)=O)cc1C(=O)Cl. The molecule has 20 heavy (non-hydrogen) atoms. The van der Waals surface area contributed by atoms with Crippen molar-refractivity contribution in [1.82, 2.24) is 0 Å². The predicted molar refractivity (Wildman–Crippen MR) is 77.4 cm³/mol. The van der Waals surface area contributed by atoms with E-state index in [4.69, 9.17) is 16.3 Å². The Hall–Kier alpha value is -1.07. The van der Waals surface area contributed by atoms with E-state index in [0.29, 0.717) is 11.3 Å². The summed E-state index contributed by atoms with van der Waals surface area (Å²) < 4.78 is 29.6. The first-order valence-electron chi connectivity index (χ1n) is 6.50. The fourth-order valence-electron chi connectivity index (χ4n) is 2.44. The van der Waals surface area contributed by atoms with Crippen LogP contribution < -0.4 is 4.74 Å². The Kier molecular flexibility index (Phi) is 4.39. The zero-order chi connectivity index (χ0) is 14.9. The summed E-state index contributed by atoms with van der Waals surface area (Å²) in [5.41, 5.74) is 0.816. The van der Waals surface area contributed by atoms with Crippen molar-refractivity contribution < 1.29 is 17.9 Å². The second kappa shape index (κ2) is 5.74. The van der Waals surface area contributed by atoms with E-state index in [9.17, 15) is 13.2 Å². The maximum Gasteiger partial charge on any atom is 0.252 e. The first-order chi connectivity index (χ1) is 9.29. The summed E-state index contributed by atoms with van der Waals surface area (Å²) in [6, 6.07) is 2.90. The van der Waals surface area contributed by atoms with E-state index in [1.165, 1.54) is 6.07 Å². The molecule has 1 saturated carbocycles. The van der Waals surface area contributed by atoms with Crippen molar-refractivity contribution >= 4 is 26.7 Å². The zero-order valence-electron chi connectivity index (χ0n) is 11.5. The van der Waals surface area contributed by atoms with Gasteiger partial charge < -0.3 is 4.74 Å². The molecule has 0 saturated heterocycles. The van der Waals surface area contributed by atoms with E-state index in [-0.39, 0.29) is 16.6 Å². The Balaban J connectivity index is 2.48. The summed E-state index contributed by atoms with van der Waals surface area (Å²) in [7, 11) is -3.48. The summed E-state index contributed by atoms with van der Waals surface area (Å²) in [6.07, 6.45) is 5.19. The van der Waals surface area contributed by atoms with Gasteiger partial charge in [0.05, 0.1) is 6.10 Å². The van der Waals surface area contributed by atoms with Crippen LogP contribution in [0.3, 0.4) is 0 Å². The molecule has 110 valence electrons. The number of halogens is 1. The number of hydrogen-bond donors (Lipinski definition) is 0. The molecular formula is C14H17ClO4S. The van der Waals surface area contributed by atoms with Crippen LogP contribution in [0.15, 0.2) is 17.0 Å². The third-order valence-electron chi connectivity index (χ3n) is 3.50. The maximum absolute atomic E-state index is 11.9. The predicted octanol–water partition coefficient (Wildman–Crippen LogP) is 3.10. The quantitative estimate of drug-likeness (QED) is 0.801. The second-order valence-corrected chi connectivity index (χ2v) is 7.51. The van der Waals surface area contributed by atoms with Crippen molar-refractivity contribution in [3.63, 3.8) is 0 Å². The highest BCUT2D eigenvalue weighted by molar-refractivity contribution is 7.90. The van der Waals surface area contributed by atoms with E-state index in [0.717, 1.165) is 31.9 Å². The summed E-state index contributed by atoms with van der Waals surface area (Å²) in [5.74, 6) is 0.318. The van der Waals surface area contributed by atoms with Crippen molar-refractivity contribution in [2.45, 2.75) is 43.6 Å². The van der Waals surface area contributed by atoms with Crippen LogP contribution in [0.5, 0.6) is 5.75 Å². The molecule has 0 unspecified atom stereocenters. The molecule has 1 aromatic rings. The summed E-state index contributed by atoms with van der Waals surface area (Å²) in [6.45, 7) is 1.71. The molecule has 1 aliphatic carbocycles. The Morgan fingerprint density at radius 3 is 2.40 bits per heavy atom. The highest BCUT2D eigenvalue weighted by atomic mass is 35.5. The smallest absolute Gasteiger partial charge is 0.252 e. The van der Waals surface area contributed by atoms with Gasteiger partial charge in [0, 0.05) is 11.8 Å². The molecule has 1 fully saturated rings. The van der Waals surface area contributed by atoms with Crippen molar-refractivity contribution in [3.8, 4) is 5.75 Å². The standard InChI is InChI=1S/C14H17ClO4S/c1-9-7-12(19-10-5-3-4-6-10)13(20(2,17)18)8-11(9)14(15)16/h7-8,10H,3-6H2,1-2H3. The monoisotopic (exact) mass is 316 g/mol. The van der Waals surface area contributed by atoms with Crippen LogP contribution in [-0.4, -0.2) is 26.0 Å². The number of ether oxygens (including phenoxy) is 1. The molecule has 0 atom stereocenters. The van der Waals surface area contributed by atoms with Crippen molar-refractivity contribution in [3.05, 3.63) is 23.3 Å². The van der Waals surface area contributed by atoms with Crippen LogP contribution in [0.1, 0.15) is 41.6 Å². The molecule has 1 aliphatic rings. The molecule has 0 radical (unpaired) electrons. The molecular weight excluding hydrogens is 300 g/mol. The van der Waals surface area contributed by atoms with Gasteiger partial charge in [-0.25, -0.2) is 8.42 Å². The van der Waals surface area contributed by atoms with E-state index in [1.54, 1.807) is 13.0 Å². The lowest BCUT2D eigenvalue weighted by molar-refractivity contribution is 0.108. The number of rotatable bonds is 4. The lowest BCUT2D eigenvalue weighted by Crippen LogP contribution is -2.14. The number of carbonyl (C=O) groups excluding carboxylic acids is 1. The fourth-order valence-corrected chi connectivity index (χ4v) is 3.45. The van der Waals surface area contributed by atoms with Gasteiger partial charge in [0.1, 0.15) is 10.6 Å². The van der Waals surface area contributed by atoms with Crippen LogP contribution >= 0.6 is 11.6 Å². The molecule has 0 bridgehead atoms. The fraction of sp³-hybridized carbons (Fsp3) is 0.500. The van der Waals surface area contributed by atoms with Crippen LogP contribution in [-0.2, 0) is 9.84 Å². The molecule has 0 heterocycles. The average molecular weight is 317 g/mol. The van der Waals surface area contributed by atoms with Crippen LogP contribution in [0.4, 0.5) is 0 Å². The number of sulfone groups is 1. The first kappa shape index (κ1) is 15.3. The van der Waals surface area contributed by atoms with Gasteiger partial charge in [-0.3, -0.25) is 4.79 Å². The largest absolute Gasteiger partial charge is 0.489 e. The third kappa shape index (κ3) is 3.33. The van der Waals surface area contributed by atoms with Crippen molar-refractivity contribution in [2.24, 2.45) is 0 Å². The minimum absolute atomic E-state index is 0.0269. The van der Waals surface area contributed by atoms with Gasteiger partial charge in [0.25, 0.3) is 5.24 Å². The Bertz CT molecular complexity index is 631. The summed E-state index contributed by atoms with van der Waals surface area (Å²) in [5, 5.41) is -0.667. The molecule has 4 nitrogen and oxygen atoms in total. The number of hydrogen-bond acceptors (Lipinski definition) is 4. The third-order valence-corrected chi connectivity index (χ3v) is 4.82. The molecule has 6 heteroatoms. The molecule has 0 spiro atoms. The lowest BCUT2D eigenvalue weighted by Gasteiger charge is -2.17. The Morgan fingerprint density at radius 1 is 1.30 bits per heavy atom. The molecule has 1 aromatic carbocycles. The number of aryl methyl sites for hydroxylation is 1. The van der Waals surface area contributed by atoms with E-state index in [2.05, 4.69) is 0 Å². The Morgan fingerprint density at radius 2 is 1.90 bits per heavy atom. The van der Waals surface area contributed by atoms with Gasteiger partial charge in [-0.1, -0.05) is 0 Å². The number of carbonyl (C=O) groups is 1. The van der Waals surface area contributed by atoms with Crippen LogP contribution in [0, 0.1) is 6.92 Å². The zero-order valence-corrected chi connectivity index (χ0v) is 13.1. The molecule has 0 N–H and O–H groups in total. The van der Waals surface area contributed by atoms with Crippen LogP contribution in [0.2, 0.25) is 0 Å². The molecule has 2 rings (SSSR count). The van der Waals surface area contributed by atoms with Gasteiger partial charge in [-0.2, -0.15) is 0 Å². The van der Waals surface area contributed by atoms with Gasteiger partial charge in [0.2, 0.25) is 0 Å². The topological polar surface area (TPSA) is 60.4 Å². The van der Waals surface area contributed by atoms with Crippen LogP contribution in [0.25, 0.3) is 0 Å². The normalized spacial score (nSPS) is 16.4. The van der Waals surface area contributed by atoms with Gasteiger partial charge in [-0.05, 0) is 61.9 Å². The first-order valence-corrected chi connectivity index (χ1v) is 8.77. The molecule has 0 amide bonds. The van der Waals surface area contributed by atoms with Gasteiger partial charge >= 0.3 is 0 Å². The van der Waals surface area contributed by atoms with Crippen molar-refractivity contribution in [2.75, 3.05) is 6.26 Å². The molecule has 0 aromatic heterocycles. The maximum atomic E-state index is 11.9. The average Bonchev–Trinajstić information content (AvgIpc) is 2.79. The van der Waals surface area contributed by atoms with E-state index < -0.39 is 15.1 Å². The van der Waals surface area contributed by atoms with E-state index >= 15 is 0 Å². The highest BCUT2D eigenvalue weighted by Gasteiger charge is 2.23. The molecule has 0 aliphatic heterocycles. The van der Waals surface area contributed by atoms with Gasteiger partial charge in [-0.15, -0.1) is 0 Å². The summed E-state index contributed by atoms with van der Waals surface area (Å²) >= 11 is 5.48.